The second-order valence-electron chi connectivity index (χ2n) is 5.31. The van der Waals surface area contributed by atoms with E-state index in [1.807, 2.05) is 0 Å². The molecule has 0 aromatic heterocycles. The largest absolute Gasteiger partial charge is 0.456 e. The molecule has 13 heteroatoms. The number of ether oxygens (including phenoxy) is 1. The molecule has 0 saturated carbocycles. The van der Waals surface area contributed by atoms with E-state index in [1.54, 1.807) is 0 Å². The Morgan fingerprint density at radius 2 is 0.963 bits per heavy atom. The number of rotatable bonds is 6. The van der Waals surface area contributed by atoms with E-state index in [4.69, 9.17) is 4.74 Å². The van der Waals surface area contributed by atoms with Gasteiger partial charge in [-0.1, -0.05) is 0 Å². The summed E-state index contributed by atoms with van der Waals surface area (Å²) in [5.41, 5.74) is -2.65. The van der Waals surface area contributed by atoms with Crippen molar-refractivity contribution in [1.29, 1.82) is 0 Å². The predicted octanol–water partition coefficient (Wildman–Crippen LogP) is 3.73. The summed E-state index contributed by atoms with van der Waals surface area (Å²) in [6, 6.07) is 3.27. The van der Waals surface area contributed by atoms with Gasteiger partial charge in [0, 0.05) is 0 Å². The Morgan fingerprint density at radius 1 is 0.630 bits per heavy atom. The van der Waals surface area contributed by atoms with Crippen molar-refractivity contribution >= 4 is 22.7 Å². The Morgan fingerprint density at radius 3 is 1.22 bits per heavy atom. The SMILES string of the molecule is Cc1c(Oc2cc([N+](=O)[O-])cc([N+](=O)[O-])c2C)cc([N+](=O)[O-])cc1[N+](=O)[O-]. The van der Waals surface area contributed by atoms with Gasteiger partial charge in [0.05, 0.1) is 55.1 Å². The maximum absolute atomic E-state index is 11.1. The lowest BCUT2D eigenvalue weighted by molar-refractivity contribution is -0.394. The minimum absolute atomic E-state index is 0.0841. The van der Waals surface area contributed by atoms with E-state index in [0.29, 0.717) is 0 Å². The first kappa shape index (κ1) is 19.2. The third-order valence-corrected chi connectivity index (χ3v) is 3.67. The highest BCUT2D eigenvalue weighted by molar-refractivity contribution is 5.61. The molecule has 0 N–H and O–H groups in total. The Balaban J connectivity index is 2.69. The number of nitro benzene ring substituents is 4. The van der Waals surface area contributed by atoms with Crippen LogP contribution in [0.15, 0.2) is 24.3 Å². The van der Waals surface area contributed by atoms with Crippen LogP contribution in [0.1, 0.15) is 11.1 Å². The minimum Gasteiger partial charge on any atom is -0.456 e. The fourth-order valence-electron chi connectivity index (χ4n) is 2.24. The standard InChI is InChI=1S/C14H10N4O9/c1-7-11(17(23)24)3-9(15(19)20)5-13(7)27-14-6-10(16(21)22)4-12(8(14)2)18(25)26/h3-6H,1-2H3. The normalized spacial score (nSPS) is 10.3. The second-order valence-corrected chi connectivity index (χ2v) is 5.31. The molecular formula is C14H10N4O9. The molecule has 0 bridgehead atoms. The maximum atomic E-state index is 11.1. The molecule has 2 aromatic carbocycles. The number of nitro groups is 4. The first-order chi connectivity index (χ1) is 12.5. The molecular weight excluding hydrogens is 368 g/mol. The molecule has 13 nitrogen and oxygen atoms in total. The third-order valence-electron chi connectivity index (χ3n) is 3.67. The third kappa shape index (κ3) is 3.76. The summed E-state index contributed by atoms with van der Waals surface area (Å²) in [6.45, 7) is 2.52. The van der Waals surface area contributed by atoms with Gasteiger partial charge in [-0.2, -0.15) is 0 Å². The van der Waals surface area contributed by atoms with Crippen LogP contribution >= 0.6 is 0 Å². The summed E-state index contributed by atoms with van der Waals surface area (Å²) in [5.74, 6) is -0.650. The van der Waals surface area contributed by atoms with Crippen LogP contribution in [0.2, 0.25) is 0 Å². The molecule has 0 aliphatic carbocycles. The van der Waals surface area contributed by atoms with E-state index in [2.05, 4.69) is 0 Å². The van der Waals surface area contributed by atoms with E-state index in [9.17, 15) is 40.5 Å². The molecule has 0 spiro atoms. The zero-order valence-electron chi connectivity index (χ0n) is 13.8. The van der Waals surface area contributed by atoms with Crippen molar-refractivity contribution in [2.24, 2.45) is 0 Å². The van der Waals surface area contributed by atoms with Crippen molar-refractivity contribution in [3.8, 4) is 11.5 Å². The molecule has 0 saturated heterocycles. The van der Waals surface area contributed by atoms with E-state index in [-0.39, 0.29) is 22.6 Å². The molecule has 2 rings (SSSR count). The van der Waals surface area contributed by atoms with Gasteiger partial charge in [0.25, 0.3) is 22.7 Å². The number of hydrogen-bond acceptors (Lipinski definition) is 9. The average molecular weight is 378 g/mol. The van der Waals surface area contributed by atoms with Gasteiger partial charge in [-0.25, -0.2) is 0 Å². The summed E-state index contributed by atoms with van der Waals surface area (Å²) >= 11 is 0. The van der Waals surface area contributed by atoms with Gasteiger partial charge in [0.15, 0.2) is 0 Å². The van der Waals surface area contributed by atoms with Crippen molar-refractivity contribution in [1.82, 2.24) is 0 Å². The van der Waals surface area contributed by atoms with Crippen LogP contribution < -0.4 is 4.74 Å². The van der Waals surface area contributed by atoms with Gasteiger partial charge in [0.2, 0.25) is 0 Å². The Hall–Kier alpha value is -4.16. The van der Waals surface area contributed by atoms with Gasteiger partial charge in [-0.3, -0.25) is 40.5 Å². The molecule has 0 radical (unpaired) electrons. The quantitative estimate of drug-likeness (QED) is 0.534. The number of benzene rings is 2. The molecule has 0 amide bonds. The van der Waals surface area contributed by atoms with Gasteiger partial charge in [-0.15, -0.1) is 0 Å². The lowest BCUT2D eigenvalue weighted by Gasteiger charge is -2.11. The summed E-state index contributed by atoms with van der Waals surface area (Å²) in [4.78, 5) is 40.8. The average Bonchev–Trinajstić information content (AvgIpc) is 2.57. The molecule has 0 fully saturated rings. The zero-order valence-corrected chi connectivity index (χ0v) is 13.8. The van der Waals surface area contributed by atoms with E-state index >= 15 is 0 Å². The van der Waals surface area contributed by atoms with Crippen molar-refractivity contribution in [2.75, 3.05) is 0 Å². The summed E-state index contributed by atoms with van der Waals surface area (Å²) < 4.78 is 5.39. The van der Waals surface area contributed by atoms with Gasteiger partial charge in [-0.05, 0) is 13.8 Å². The van der Waals surface area contributed by atoms with Crippen LogP contribution in [0.5, 0.6) is 11.5 Å². The lowest BCUT2D eigenvalue weighted by Crippen LogP contribution is -2.01. The van der Waals surface area contributed by atoms with Crippen LogP contribution in [0.3, 0.4) is 0 Å². The minimum atomic E-state index is -0.873. The molecule has 140 valence electrons. The van der Waals surface area contributed by atoms with Crippen molar-refractivity contribution in [3.05, 3.63) is 75.8 Å². The fraction of sp³-hybridized carbons (Fsp3) is 0.143. The van der Waals surface area contributed by atoms with Crippen molar-refractivity contribution < 1.29 is 24.4 Å². The zero-order chi connectivity index (χ0) is 20.5. The highest BCUT2D eigenvalue weighted by atomic mass is 16.6. The van der Waals surface area contributed by atoms with Gasteiger partial charge in [0.1, 0.15) is 11.5 Å². The van der Waals surface area contributed by atoms with E-state index in [0.717, 1.165) is 24.3 Å². The van der Waals surface area contributed by atoms with Gasteiger partial charge >= 0.3 is 0 Å². The summed E-state index contributed by atoms with van der Waals surface area (Å²) in [5, 5.41) is 44.2. The summed E-state index contributed by atoms with van der Waals surface area (Å²) in [7, 11) is 0. The highest BCUT2D eigenvalue weighted by Gasteiger charge is 2.26. The van der Waals surface area contributed by atoms with Crippen LogP contribution in [0.25, 0.3) is 0 Å². The maximum Gasteiger partial charge on any atom is 0.282 e. The number of nitrogens with zero attached hydrogens (tertiary/aromatic N) is 4. The molecule has 0 aliphatic rings. The Labute approximate surface area is 149 Å². The number of hydrogen-bond donors (Lipinski definition) is 0. The van der Waals surface area contributed by atoms with Crippen molar-refractivity contribution in [3.63, 3.8) is 0 Å². The molecule has 0 unspecified atom stereocenters. The second kappa shape index (κ2) is 6.99. The van der Waals surface area contributed by atoms with E-state index in [1.165, 1.54) is 13.8 Å². The molecule has 0 heterocycles. The van der Waals surface area contributed by atoms with Gasteiger partial charge < -0.3 is 4.74 Å². The summed E-state index contributed by atoms with van der Waals surface area (Å²) in [6.07, 6.45) is 0. The molecule has 0 atom stereocenters. The smallest absolute Gasteiger partial charge is 0.282 e. The Bertz CT molecular complexity index is 923. The Kier molecular flexibility index (Phi) is 4.96. The topological polar surface area (TPSA) is 182 Å². The highest BCUT2D eigenvalue weighted by Crippen LogP contribution is 2.40. The van der Waals surface area contributed by atoms with Crippen LogP contribution in [-0.2, 0) is 0 Å². The first-order valence-electron chi connectivity index (χ1n) is 7.07. The van der Waals surface area contributed by atoms with E-state index < -0.39 is 42.4 Å². The number of non-ortho nitro benzene ring substituents is 2. The lowest BCUT2D eigenvalue weighted by atomic mass is 10.1. The fourth-order valence-corrected chi connectivity index (χ4v) is 2.24. The molecule has 27 heavy (non-hydrogen) atoms. The first-order valence-corrected chi connectivity index (χ1v) is 7.07. The monoisotopic (exact) mass is 378 g/mol. The van der Waals surface area contributed by atoms with Crippen LogP contribution in [0, 0.1) is 54.3 Å². The van der Waals surface area contributed by atoms with Crippen molar-refractivity contribution in [2.45, 2.75) is 13.8 Å². The van der Waals surface area contributed by atoms with Crippen LogP contribution in [-0.4, -0.2) is 19.7 Å². The molecule has 0 aliphatic heterocycles. The predicted molar refractivity (Wildman–Crippen MR) is 89.0 cm³/mol. The molecule has 2 aromatic rings. The van der Waals surface area contributed by atoms with Crippen LogP contribution in [0.4, 0.5) is 22.7 Å².